The Morgan fingerprint density at radius 1 is 0.400 bits per heavy atom. The van der Waals surface area contributed by atoms with Crippen LogP contribution in [0.2, 0.25) is 0 Å². The summed E-state index contributed by atoms with van der Waals surface area (Å²) in [5, 5.41) is 3.68. The molecule has 0 saturated carbocycles. The predicted molar refractivity (Wildman–Crippen MR) is 211 cm³/mol. The quantitative estimate of drug-likeness (QED) is 0.185. The number of benzene rings is 7. The van der Waals surface area contributed by atoms with Gasteiger partial charge in [-0.25, -0.2) is 9.97 Å². The van der Waals surface area contributed by atoms with Gasteiger partial charge in [-0.1, -0.05) is 146 Å². The predicted octanol–water partition coefficient (Wildman–Crippen LogP) is 12.6. The van der Waals surface area contributed by atoms with Gasteiger partial charge in [0.1, 0.15) is 0 Å². The Morgan fingerprint density at radius 2 is 0.980 bits per heavy atom. The first-order valence-corrected chi connectivity index (χ1v) is 17.7. The van der Waals surface area contributed by atoms with Crippen LogP contribution in [0.5, 0.6) is 0 Å². The number of rotatable bonds is 5. The van der Waals surface area contributed by atoms with Crippen molar-refractivity contribution in [3.05, 3.63) is 176 Å². The van der Waals surface area contributed by atoms with Crippen molar-refractivity contribution in [2.75, 3.05) is 0 Å². The van der Waals surface area contributed by atoms with Gasteiger partial charge in [0, 0.05) is 37.7 Å². The van der Waals surface area contributed by atoms with Crippen LogP contribution in [0.25, 0.3) is 92.7 Å². The smallest absolute Gasteiger partial charge is 0.160 e. The summed E-state index contributed by atoms with van der Waals surface area (Å²) in [5.74, 6) is 0.735. The van der Waals surface area contributed by atoms with Crippen LogP contribution in [0.3, 0.4) is 0 Å². The van der Waals surface area contributed by atoms with Crippen LogP contribution in [-0.2, 0) is 0 Å². The van der Waals surface area contributed by atoms with Crippen molar-refractivity contribution in [1.29, 1.82) is 0 Å². The lowest BCUT2D eigenvalue weighted by Gasteiger charge is -2.10. The molecule has 10 aromatic rings. The van der Waals surface area contributed by atoms with E-state index in [0.29, 0.717) is 0 Å². The van der Waals surface area contributed by atoms with E-state index in [9.17, 15) is 0 Å². The summed E-state index contributed by atoms with van der Waals surface area (Å²) >= 11 is 1.79. The van der Waals surface area contributed by atoms with E-state index in [1.807, 2.05) is 18.2 Å². The van der Waals surface area contributed by atoms with E-state index in [1.165, 1.54) is 48.8 Å². The molecule has 0 aliphatic carbocycles. The van der Waals surface area contributed by atoms with Gasteiger partial charge in [-0.3, -0.25) is 0 Å². The Hall–Kier alpha value is -6.36. The molecule has 0 spiro atoms. The fourth-order valence-corrected chi connectivity index (χ4v) is 8.56. The summed E-state index contributed by atoms with van der Waals surface area (Å²) in [7, 11) is 0. The van der Waals surface area contributed by atoms with Crippen LogP contribution in [-0.4, -0.2) is 14.5 Å². The van der Waals surface area contributed by atoms with Crippen molar-refractivity contribution in [1.82, 2.24) is 14.5 Å². The standard InChI is InChI=1S/C46H29N3S/c1-3-13-30(14-4-1)33-17-11-18-34(29-33)42-45-43(48-46(47-42)32-15-5-2-6-16-32)39-22-12-21-36(44(39)50-45)31-25-27-35(28-26-31)49-40-23-9-7-19-37(40)38-20-8-10-24-41(38)49/h1-29H. The largest absolute Gasteiger partial charge is 0.309 e. The average molecular weight is 656 g/mol. The topological polar surface area (TPSA) is 30.7 Å². The van der Waals surface area contributed by atoms with Gasteiger partial charge in [-0.2, -0.15) is 0 Å². The van der Waals surface area contributed by atoms with Crippen LogP contribution in [0.15, 0.2) is 176 Å². The summed E-state index contributed by atoms with van der Waals surface area (Å²) < 4.78 is 4.68. The molecule has 0 atom stereocenters. The first-order chi connectivity index (χ1) is 24.8. The van der Waals surface area contributed by atoms with Gasteiger partial charge in [0.05, 0.1) is 26.9 Å². The maximum Gasteiger partial charge on any atom is 0.160 e. The van der Waals surface area contributed by atoms with E-state index in [0.717, 1.165) is 43.9 Å². The molecule has 0 fully saturated rings. The van der Waals surface area contributed by atoms with Gasteiger partial charge < -0.3 is 4.57 Å². The summed E-state index contributed by atoms with van der Waals surface area (Å²) in [5.41, 5.74) is 12.3. The molecule has 0 amide bonds. The first-order valence-electron chi connectivity index (χ1n) is 16.8. The monoisotopic (exact) mass is 655 g/mol. The van der Waals surface area contributed by atoms with Crippen LogP contribution >= 0.6 is 11.3 Å². The second kappa shape index (κ2) is 11.7. The fourth-order valence-electron chi connectivity index (χ4n) is 7.27. The number of nitrogens with zero attached hydrogens (tertiary/aromatic N) is 3. The molecule has 0 aliphatic heterocycles. The molecule has 3 nitrogen and oxygen atoms in total. The minimum atomic E-state index is 0.735. The van der Waals surface area contributed by atoms with Crippen LogP contribution in [0.1, 0.15) is 0 Å². The third-order valence-corrected chi connectivity index (χ3v) is 10.9. The van der Waals surface area contributed by atoms with E-state index in [1.54, 1.807) is 11.3 Å². The third kappa shape index (κ3) is 4.65. The molecular formula is C46H29N3S. The van der Waals surface area contributed by atoms with Gasteiger partial charge in [0.25, 0.3) is 0 Å². The lowest BCUT2D eigenvalue weighted by molar-refractivity contribution is 1.18. The molecule has 3 heterocycles. The molecule has 10 rings (SSSR count). The number of hydrogen-bond donors (Lipinski definition) is 0. The summed E-state index contributed by atoms with van der Waals surface area (Å²) in [6, 6.07) is 62.5. The summed E-state index contributed by atoms with van der Waals surface area (Å²) in [6.45, 7) is 0. The third-order valence-electron chi connectivity index (χ3n) is 9.63. The van der Waals surface area contributed by atoms with E-state index in [2.05, 4.69) is 162 Å². The highest BCUT2D eigenvalue weighted by atomic mass is 32.1. The molecule has 50 heavy (non-hydrogen) atoms. The minimum Gasteiger partial charge on any atom is -0.309 e. The molecule has 0 N–H and O–H groups in total. The highest BCUT2D eigenvalue weighted by Crippen LogP contribution is 2.44. The molecule has 0 radical (unpaired) electrons. The Morgan fingerprint density at radius 3 is 1.70 bits per heavy atom. The number of fused-ring (bicyclic) bond motifs is 6. The zero-order valence-corrected chi connectivity index (χ0v) is 27.8. The maximum atomic E-state index is 5.26. The highest BCUT2D eigenvalue weighted by molar-refractivity contribution is 7.26. The van der Waals surface area contributed by atoms with Crippen molar-refractivity contribution in [2.45, 2.75) is 0 Å². The van der Waals surface area contributed by atoms with Crippen LogP contribution in [0, 0.1) is 0 Å². The summed E-state index contributed by atoms with van der Waals surface area (Å²) in [4.78, 5) is 10.5. The van der Waals surface area contributed by atoms with Crippen molar-refractivity contribution in [3.63, 3.8) is 0 Å². The number of hydrogen-bond acceptors (Lipinski definition) is 3. The Balaban J connectivity index is 1.15. The molecule has 0 bridgehead atoms. The molecular weight excluding hydrogens is 627 g/mol. The second-order valence-electron chi connectivity index (χ2n) is 12.6. The van der Waals surface area contributed by atoms with Crippen molar-refractivity contribution in [2.24, 2.45) is 0 Å². The molecule has 0 saturated heterocycles. The lowest BCUT2D eigenvalue weighted by atomic mass is 10.0. The fraction of sp³-hybridized carbons (Fsp3) is 0. The Bertz CT molecular complexity index is 2800. The molecule has 7 aromatic carbocycles. The van der Waals surface area contributed by atoms with Gasteiger partial charge >= 0.3 is 0 Å². The SMILES string of the molecule is c1ccc(-c2cccc(-c3nc(-c4ccccc4)nc4c3sc3c(-c5ccc(-n6c7ccccc7c7ccccc76)cc5)cccc34)c2)cc1. The zero-order chi connectivity index (χ0) is 33.0. The Kier molecular flexibility index (Phi) is 6.68. The number of aromatic nitrogens is 3. The normalized spacial score (nSPS) is 11.6. The number of para-hydroxylation sites is 2. The molecule has 3 aromatic heterocycles. The second-order valence-corrected chi connectivity index (χ2v) is 13.6. The molecule has 234 valence electrons. The minimum absolute atomic E-state index is 0.735. The summed E-state index contributed by atoms with van der Waals surface area (Å²) in [6.07, 6.45) is 0. The van der Waals surface area contributed by atoms with Gasteiger partial charge in [0.2, 0.25) is 0 Å². The van der Waals surface area contributed by atoms with Gasteiger partial charge in [0.15, 0.2) is 5.82 Å². The van der Waals surface area contributed by atoms with E-state index in [-0.39, 0.29) is 0 Å². The van der Waals surface area contributed by atoms with Crippen LogP contribution in [0.4, 0.5) is 0 Å². The lowest BCUT2D eigenvalue weighted by Crippen LogP contribution is -1.94. The number of thiophene rings is 1. The molecule has 0 unspecified atom stereocenters. The van der Waals surface area contributed by atoms with Crippen molar-refractivity contribution in [3.8, 4) is 50.6 Å². The van der Waals surface area contributed by atoms with E-state index >= 15 is 0 Å². The first kappa shape index (κ1) is 28.6. The van der Waals surface area contributed by atoms with Crippen LogP contribution < -0.4 is 0 Å². The van der Waals surface area contributed by atoms with E-state index < -0.39 is 0 Å². The van der Waals surface area contributed by atoms with Gasteiger partial charge in [-0.05, 0) is 52.6 Å². The highest BCUT2D eigenvalue weighted by Gasteiger charge is 2.19. The van der Waals surface area contributed by atoms with Crippen molar-refractivity contribution >= 4 is 53.4 Å². The Labute approximate surface area is 293 Å². The van der Waals surface area contributed by atoms with E-state index in [4.69, 9.17) is 9.97 Å². The average Bonchev–Trinajstić information content (AvgIpc) is 3.74. The molecule has 4 heteroatoms. The molecule has 0 aliphatic rings. The maximum absolute atomic E-state index is 5.26. The van der Waals surface area contributed by atoms with Crippen molar-refractivity contribution < 1.29 is 0 Å². The zero-order valence-electron chi connectivity index (χ0n) is 27.0. The van der Waals surface area contributed by atoms with Gasteiger partial charge in [-0.15, -0.1) is 11.3 Å².